The van der Waals surface area contributed by atoms with Crippen molar-refractivity contribution in [2.75, 3.05) is 64.1 Å². The number of rotatable bonds is 6. The summed E-state index contributed by atoms with van der Waals surface area (Å²) in [5, 5.41) is 3.23. The largest absolute Gasteiger partial charge is 0.381 e. The van der Waals surface area contributed by atoms with Crippen molar-refractivity contribution in [1.29, 1.82) is 0 Å². The number of fused-ring (bicyclic) bond motifs is 1. The summed E-state index contributed by atoms with van der Waals surface area (Å²) in [6, 6.07) is 4.70. The van der Waals surface area contributed by atoms with Gasteiger partial charge in [-0.1, -0.05) is 0 Å². The number of anilines is 1. The molecule has 1 amide bonds. The van der Waals surface area contributed by atoms with Crippen LogP contribution in [0.3, 0.4) is 0 Å². The van der Waals surface area contributed by atoms with Gasteiger partial charge in [0.05, 0.1) is 25.2 Å². The molecule has 0 bridgehead atoms. The molecule has 4 fully saturated rings. The molecule has 0 saturated carbocycles. The molecule has 4 saturated heterocycles. The maximum Gasteiger partial charge on any atom is 0.224 e. The Bertz CT molecular complexity index is 766. The lowest BCUT2D eigenvalue weighted by Crippen LogP contribution is -2.52. The van der Waals surface area contributed by atoms with Crippen molar-refractivity contribution in [3.05, 3.63) is 23.9 Å². The van der Waals surface area contributed by atoms with Gasteiger partial charge in [-0.05, 0) is 49.3 Å². The number of ether oxygens (including phenoxy) is 3. The molecule has 0 unspecified atom stereocenters. The molecule has 5 rings (SSSR count). The molecular formula is C24H36N4O4. The minimum Gasteiger partial charge on any atom is -0.381 e. The van der Waals surface area contributed by atoms with Crippen molar-refractivity contribution in [2.45, 2.75) is 44.4 Å². The van der Waals surface area contributed by atoms with E-state index in [4.69, 9.17) is 14.2 Å². The summed E-state index contributed by atoms with van der Waals surface area (Å²) in [6.07, 6.45) is 6.02. The molecule has 176 valence electrons. The van der Waals surface area contributed by atoms with E-state index in [2.05, 4.69) is 32.2 Å². The summed E-state index contributed by atoms with van der Waals surface area (Å²) < 4.78 is 17.0. The van der Waals surface area contributed by atoms with Gasteiger partial charge in [0.2, 0.25) is 5.91 Å². The number of pyridine rings is 1. The Morgan fingerprint density at radius 2 is 1.91 bits per heavy atom. The SMILES string of the molecule is O=C(NCC1CCOCC1)[C@H]1C[C@H]2OCC[C@H]2N(Cc2ccnc(N3CCOCC3)c2)C1. The van der Waals surface area contributed by atoms with Gasteiger partial charge in [0.25, 0.3) is 0 Å². The molecule has 8 nitrogen and oxygen atoms in total. The third-order valence-corrected chi connectivity index (χ3v) is 7.42. The first kappa shape index (κ1) is 22.1. The highest BCUT2D eigenvalue weighted by atomic mass is 16.5. The molecule has 1 aromatic heterocycles. The van der Waals surface area contributed by atoms with Crippen LogP contribution in [0.1, 0.15) is 31.2 Å². The van der Waals surface area contributed by atoms with Gasteiger partial charge in [-0.3, -0.25) is 9.69 Å². The van der Waals surface area contributed by atoms with Crippen molar-refractivity contribution >= 4 is 11.7 Å². The fraction of sp³-hybridized carbons (Fsp3) is 0.750. The first-order chi connectivity index (χ1) is 15.8. The summed E-state index contributed by atoms with van der Waals surface area (Å²) in [4.78, 5) is 22.4. The molecule has 8 heteroatoms. The van der Waals surface area contributed by atoms with Crippen LogP contribution in [0.4, 0.5) is 5.82 Å². The Morgan fingerprint density at radius 1 is 1.09 bits per heavy atom. The number of carbonyl (C=O) groups excluding carboxylic acids is 1. The van der Waals surface area contributed by atoms with Crippen molar-refractivity contribution < 1.29 is 19.0 Å². The van der Waals surface area contributed by atoms with Crippen molar-refractivity contribution in [3.63, 3.8) is 0 Å². The van der Waals surface area contributed by atoms with Crippen LogP contribution in [0.5, 0.6) is 0 Å². The predicted molar refractivity (Wildman–Crippen MR) is 120 cm³/mol. The number of aromatic nitrogens is 1. The fourth-order valence-electron chi connectivity index (χ4n) is 5.52. The zero-order chi connectivity index (χ0) is 21.8. The van der Waals surface area contributed by atoms with Crippen LogP contribution >= 0.6 is 0 Å². The van der Waals surface area contributed by atoms with E-state index in [0.717, 1.165) is 97.3 Å². The van der Waals surface area contributed by atoms with E-state index in [0.29, 0.717) is 12.0 Å². The second-order valence-corrected chi connectivity index (χ2v) is 9.55. The van der Waals surface area contributed by atoms with Crippen LogP contribution in [0, 0.1) is 11.8 Å². The van der Waals surface area contributed by atoms with E-state index < -0.39 is 0 Å². The Kier molecular flexibility index (Phi) is 7.22. The van der Waals surface area contributed by atoms with Gasteiger partial charge in [0.1, 0.15) is 5.82 Å². The summed E-state index contributed by atoms with van der Waals surface area (Å²) >= 11 is 0. The molecule has 1 N–H and O–H groups in total. The van der Waals surface area contributed by atoms with E-state index in [9.17, 15) is 4.79 Å². The van der Waals surface area contributed by atoms with Crippen molar-refractivity contribution in [3.8, 4) is 0 Å². The molecule has 0 aliphatic carbocycles. The number of piperidine rings is 1. The maximum atomic E-state index is 13.0. The highest BCUT2D eigenvalue weighted by Gasteiger charge is 2.42. The molecule has 1 aromatic rings. The van der Waals surface area contributed by atoms with Crippen LogP contribution < -0.4 is 10.2 Å². The van der Waals surface area contributed by atoms with Crippen molar-refractivity contribution in [2.24, 2.45) is 11.8 Å². The second kappa shape index (κ2) is 10.5. The maximum absolute atomic E-state index is 13.0. The highest BCUT2D eigenvalue weighted by molar-refractivity contribution is 5.79. The normalized spacial score (nSPS) is 29.6. The minimum absolute atomic E-state index is 0.0188. The van der Waals surface area contributed by atoms with Gasteiger partial charge in [-0.25, -0.2) is 4.98 Å². The minimum atomic E-state index is -0.0188. The van der Waals surface area contributed by atoms with Crippen LogP contribution in [0.15, 0.2) is 18.3 Å². The van der Waals surface area contributed by atoms with Crippen LogP contribution in [0.2, 0.25) is 0 Å². The number of amides is 1. The molecule has 0 spiro atoms. The zero-order valence-electron chi connectivity index (χ0n) is 18.9. The number of nitrogens with zero attached hydrogens (tertiary/aromatic N) is 3. The molecule has 32 heavy (non-hydrogen) atoms. The number of hydrogen-bond acceptors (Lipinski definition) is 7. The lowest BCUT2D eigenvalue weighted by molar-refractivity contribution is -0.130. The van der Waals surface area contributed by atoms with E-state index in [1.165, 1.54) is 5.56 Å². The van der Waals surface area contributed by atoms with Crippen LogP contribution in [-0.2, 0) is 25.5 Å². The highest BCUT2D eigenvalue weighted by Crippen LogP contribution is 2.33. The number of likely N-dealkylation sites (tertiary alicyclic amines) is 1. The average molecular weight is 445 g/mol. The Labute approximate surface area is 190 Å². The predicted octanol–water partition coefficient (Wildman–Crippen LogP) is 1.44. The Balaban J connectivity index is 1.22. The van der Waals surface area contributed by atoms with E-state index in [1.54, 1.807) is 0 Å². The summed E-state index contributed by atoms with van der Waals surface area (Å²) in [7, 11) is 0. The summed E-state index contributed by atoms with van der Waals surface area (Å²) in [5.74, 6) is 1.72. The number of hydrogen-bond donors (Lipinski definition) is 1. The van der Waals surface area contributed by atoms with Crippen LogP contribution in [-0.4, -0.2) is 87.2 Å². The van der Waals surface area contributed by atoms with Crippen molar-refractivity contribution in [1.82, 2.24) is 15.2 Å². The standard InChI is InChI=1S/C24H36N4O4/c29-24(26-15-18-2-8-30-9-3-18)20-14-22-21(4-10-32-22)28(17-20)16-19-1-5-25-23(13-19)27-6-11-31-12-7-27/h1,5,13,18,20-22H,2-4,6-12,14-17H2,(H,26,29)/t20-,21+,22+/m0/s1. The average Bonchev–Trinajstić information content (AvgIpc) is 3.33. The molecule has 3 atom stereocenters. The summed E-state index contributed by atoms with van der Waals surface area (Å²) in [6.45, 7) is 8.07. The lowest BCUT2D eigenvalue weighted by Gasteiger charge is -2.40. The molecule has 5 heterocycles. The van der Waals surface area contributed by atoms with Gasteiger partial charge >= 0.3 is 0 Å². The van der Waals surface area contributed by atoms with Gasteiger partial charge in [0.15, 0.2) is 0 Å². The molecule has 0 radical (unpaired) electrons. The Hall–Kier alpha value is -1.74. The Morgan fingerprint density at radius 3 is 2.75 bits per heavy atom. The quantitative estimate of drug-likeness (QED) is 0.712. The molecule has 4 aliphatic heterocycles. The number of morpholine rings is 1. The first-order valence-electron chi connectivity index (χ1n) is 12.2. The molecule has 4 aliphatic rings. The lowest BCUT2D eigenvalue weighted by atomic mass is 9.88. The first-order valence-corrected chi connectivity index (χ1v) is 12.2. The van der Waals surface area contributed by atoms with Gasteiger partial charge < -0.3 is 24.4 Å². The number of nitrogens with one attached hydrogen (secondary N) is 1. The monoisotopic (exact) mass is 444 g/mol. The number of carbonyl (C=O) groups is 1. The van der Waals surface area contributed by atoms with Gasteiger partial charge in [-0.2, -0.15) is 0 Å². The fourth-order valence-corrected chi connectivity index (χ4v) is 5.52. The molecular weight excluding hydrogens is 408 g/mol. The van der Waals surface area contributed by atoms with E-state index in [1.807, 2.05) is 6.20 Å². The van der Waals surface area contributed by atoms with E-state index in [-0.39, 0.29) is 17.9 Å². The third-order valence-electron chi connectivity index (χ3n) is 7.42. The topological polar surface area (TPSA) is 76.2 Å². The van der Waals surface area contributed by atoms with Crippen LogP contribution in [0.25, 0.3) is 0 Å². The van der Waals surface area contributed by atoms with Gasteiger partial charge in [0, 0.05) is 64.8 Å². The third kappa shape index (κ3) is 5.25. The second-order valence-electron chi connectivity index (χ2n) is 9.55. The van der Waals surface area contributed by atoms with Gasteiger partial charge in [-0.15, -0.1) is 0 Å². The van der Waals surface area contributed by atoms with E-state index >= 15 is 0 Å². The zero-order valence-corrected chi connectivity index (χ0v) is 18.9. The smallest absolute Gasteiger partial charge is 0.224 e. The summed E-state index contributed by atoms with van der Waals surface area (Å²) in [5.41, 5.74) is 1.25. The molecule has 0 aromatic carbocycles.